The molecule has 0 spiro atoms. The zero-order valence-electron chi connectivity index (χ0n) is 24.3. The molecule has 232 valence electrons. The smallest absolute Gasteiger partial charge is 0.235 e. The lowest BCUT2D eigenvalue weighted by Gasteiger charge is -2.46. The first-order chi connectivity index (χ1) is 21.4. The fraction of sp³-hybridized carbons (Fsp3) is 0.314. The van der Waals surface area contributed by atoms with Gasteiger partial charge < -0.3 is 23.7 Å². The lowest BCUT2D eigenvalue weighted by atomic mass is 9.94. The van der Waals surface area contributed by atoms with E-state index in [1.54, 1.807) is 0 Å². The predicted molar refractivity (Wildman–Crippen MR) is 169 cm³/mol. The Balaban J connectivity index is 1.45. The Kier molecular flexibility index (Phi) is 12.0. The Morgan fingerprint density at radius 1 is 0.523 bits per heavy atom. The molecule has 0 N–H and O–H groups in total. The van der Waals surface area contributed by atoms with E-state index < -0.39 is 45.3 Å². The number of hydrogen-bond acceptors (Lipinski definition) is 7. The van der Waals surface area contributed by atoms with Gasteiger partial charge in [-0.05, 0) is 22.3 Å². The number of rotatable bonds is 15. The SMILES string of the molecule is O=S(=O)(Cl)C[C@@H]1OC(COCc2ccccc2)[C@H](OCc2ccccc2)[C@H](OCc2ccccc2)C1OCc1ccccc1. The monoisotopic (exact) mass is 636 g/mol. The zero-order chi connectivity index (χ0) is 30.6. The fourth-order valence-corrected chi connectivity index (χ4v) is 6.25. The minimum absolute atomic E-state index is 0.143. The van der Waals surface area contributed by atoms with Gasteiger partial charge in [0.1, 0.15) is 30.5 Å². The second-order valence-corrected chi connectivity index (χ2v) is 13.5. The maximum Gasteiger partial charge on any atom is 0.235 e. The summed E-state index contributed by atoms with van der Waals surface area (Å²) in [5, 5.41) is 0. The van der Waals surface area contributed by atoms with Crippen LogP contribution in [0.1, 0.15) is 22.3 Å². The van der Waals surface area contributed by atoms with Crippen molar-refractivity contribution in [3.05, 3.63) is 144 Å². The van der Waals surface area contributed by atoms with E-state index in [9.17, 15) is 8.42 Å². The quantitative estimate of drug-likeness (QED) is 0.142. The summed E-state index contributed by atoms with van der Waals surface area (Å²) in [7, 11) is 1.85. The van der Waals surface area contributed by atoms with Crippen LogP contribution in [0.15, 0.2) is 121 Å². The molecule has 0 bridgehead atoms. The molecule has 0 aliphatic carbocycles. The number of hydrogen-bond donors (Lipinski definition) is 0. The van der Waals surface area contributed by atoms with E-state index in [1.807, 2.05) is 121 Å². The van der Waals surface area contributed by atoms with Gasteiger partial charge in [-0.1, -0.05) is 121 Å². The second-order valence-electron chi connectivity index (χ2n) is 10.7. The molecular formula is C35H37ClO7S. The highest BCUT2D eigenvalue weighted by Gasteiger charge is 2.49. The Morgan fingerprint density at radius 3 is 1.30 bits per heavy atom. The van der Waals surface area contributed by atoms with Crippen LogP contribution in [-0.4, -0.2) is 51.3 Å². The van der Waals surface area contributed by atoms with Crippen molar-refractivity contribution < 1.29 is 32.1 Å². The highest BCUT2D eigenvalue weighted by Crippen LogP contribution is 2.32. The second kappa shape index (κ2) is 16.3. The van der Waals surface area contributed by atoms with Gasteiger partial charge in [0.25, 0.3) is 0 Å². The molecule has 4 aromatic rings. The molecule has 44 heavy (non-hydrogen) atoms. The molecule has 1 aliphatic heterocycles. The van der Waals surface area contributed by atoms with Gasteiger partial charge >= 0.3 is 0 Å². The van der Waals surface area contributed by atoms with Crippen molar-refractivity contribution in [1.82, 2.24) is 0 Å². The number of halogens is 1. The van der Waals surface area contributed by atoms with Gasteiger partial charge in [0.05, 0.1) is 38.8 Å². The number of ether oxygens (including phenoxy) is 5. The summed E-state index contributed by atoms with van der Waals surface area (Å²) >= 11 is 0. The summed E-state index contributed by atoms with van der Waals surface area (Å²) in [5.41, 5.74) is 3.87. The summed E-state index contributed by atoms with van der Waals surface area (Å²) in [5.74, 6) is -0.459. The highest BCUT2D eigenvalue weighted by atomic mass is 35.7. The van der Waals surface area contributed by atoms with E-state index in [0.29, 0.717) is 13.2 Å². The van der Waals surface area contributed by atoms with Crippen LogP contribution >= 0.6 is 10.7 Å². The van der Waals surface area contributed by atoms with Crippen LogP contribution in [0.2, 0.25) is 0 Å². The maximum atomic E-state index is 12.4. The Labute approximate surface area is 264 Å². The molecule has 0 radical (unpaired) electrons. The average molecular weight is 637 g/mol. The molecule has 7 nitrogen and oxygen atoms in total. The zero-order valence-corrected chi connectivity index (χ0v) is 25.9. The van der Waals surface area contributed by atoms with Gasteiger partial charge in [-0.25, -0.2) is 8.42 Å². The molecular weight excluding hydrogens is 600 g/mol. The molecule has 2 unspecified atom stereocenters. The fourth-order valence-electron chi connectivity index (χ4n) is 5.22. The molecule has 0 saturated carbocycles. The van der Waals surface area contributed by atoms with Gasteiger partial charge in [-0.3, -0.25) is 0 Å². The third kappa shape index (κ3) is 9.97. The van der Waals surface area contributed by atoms with Crippen molar-refractivity contribution in [2.75, 3.05) is 12.4 Å². The molecule has 1 fully saturated rings. The minimum Gasteiger partial charge on any atom is -0.374 e. The maximum absolute atomic E-state index is 12.4. The van der Waals surface area contributed by atoms with Crippen molar-refractivity contribution in [1.29, 1.82) is 0 Å². The summed E-state index contributed by atoms with van der Waals surface area (Å²) < 4.78 is 57.0. The van der Waals surface area contributed by atoms with Gasteiger partial charge in [-0.2, -0.15) is 0 Å². The normalized spacial score (nSPS) is 22.1. The van der Waals surface area contributed by atoms with E-state index in [4.69, 9.17) is 34.4 Å². The first-order valence-electron chi connectivity index (χ1n) is 14.6. The Hall–Kier alpha value is -3.08. The Morgan fingerprint density at radius 2 is 0.886 bits per heavy atom. The van der Waals surface area contributed by atoms with Crippen LogP contribution in [0.25, 0.3) is 0 Å². The molecule has 5 atom stereocenters. The van der Waals surface area contributed by atoms with Crippen LogP contribution in [0.3, 0.4) is 0 Å². The van der Waals surface area contributed by atoms with Gasteiger partial charge in [0.2, 0.25) is 9.05 Å². The molecule has 4 aromatic carbocycles. The van der Waals surface area contributed by atoms with Crippen LogP contribution in [0.4, 0.5) is 0 Å². The van der Waals surface area contributed by atoms with Gasteiger partial charge in [-0.15, -0.1) is 0 Å². The lowest BCUT2D eigenvalue weighted by molar-refractivity contribution is -0.268. The highest BCUT2D eigenvalue weighted by molar-refractivity contribution is 8.13. The van der Waals surface area contributed by atoms with E-state index in [2.05, 4.69) is 0 Å². The summed E-state index contributed by atoms with van der Waals surface area (Å²) in [6, 6.07) is 39.1. The molecule has 0 amide bonds. The van der Waals surface area contributed by atoms with E-state index >= 15 is 0 Å². The van der Waals surface area contributed by atoms with Crippen molar-refractivity contribution in [2.24, 2.45) is 0 Å². The van der Waals surface area contributed by atoms with Gasteiger partial charge in [0.15, 0.2) is 0 Å². The third-order valence-electron chi connectivity index (χ3n) is 7.34. The van der Waals surface area contributed by atoms with E-state index in [0.717, 1.165) is 22.3 Å². The number of benzene rings is 4. The van der Waals surface area contributed by atoms with Crippen molar-refractivity contribution in [3.63, 3.8) is 0 Å². The largest absolute Gasteiger partial charge is 0.374 e. The van der Waals surface area contributed by atoms with E-state index in [1.165, 1.54) is 0 Å². The minimum atomic E-state index is -3.96. The molecule has 5 rings (SSSR count). The lowest BCUT2D eigenvalue weighted by Crippen LogP contribution is -2.62. The molecule has 1 saturated heterocycles. The van der Waals surface area contributed by atoms with Crippen molar-refractivity contribution in [3.8, 4) is 0 Å². The van der Waals surface area contributed by atoms with Crippen LogP contribution < -0.4 is 0 Å². The molecule has 1 aliphatic rings. The van der Waals surface area contributed by atoms with Crippen LogP contribution in [0.5, 0.6) is 0 Å². The standard InChI is InChI=1S/C35H37ClO7S/c36-44(37,38)26-32-34(41-23-29-17-9-3-10-18-29)35(42-24-30-19-11-4-12-20-30)33(40-22-28-15-7-2-8-16-28)31(43-32)25-39-21-27-13-5-1-6-14-27/h1-20,31-35H,21-26H2/t31?,32-,33-,34?,35-/m0/s1. The summed E-state index contributed by atoms with van der Waals surface area (Å²) in [6.45, 7) is 1.27. The Bertz CT molecular complexity index is 1490. The summed E-state index contributed by atoms with van der Waals surface area (Å²) in [4.78, 5) is 0. The van der Waals surface area contributed by atoms with Crippen molar-refractivity contribution in [2.45, 2.75) is 56.9 Å². The molecule has 1 heterocycles. The first kappa shape index (κ1) is 32.3. The van der Waals surface area contributed by atoms with Crippen LogP contribution in [0, 0.1) is 0 Å². The molecule has 0 aromatic heterocycles. The summed E-state index contributed by atoms with van der Waals surface area (Å²) in [6.07, 6.45) is -3.75. The topological polar surface area (TPSA) is 80.3 Å². The van der Waals surface area contributed by atoms with E-state index in [-0.39, 0.29) is 19.8 Å². The average Bonchev–Trinajstić information content (AvgIpc) is 3.04. The van der Waals surface area contributed by atoms with Gasteiger partial charge in [0, 0.05) is 10.7 Å². The first-order valence-corrected chi connectivity index (χ1v) is 17.1. The van der Waals surface area contributed by atoms with Crippen LogP contribution in [-0.2, 0) is 59.2 Å². The molecule has 9 heteroatoms. The van der Waals surface area contributed by atoms with Crippen molar-refractivity contribution >= 4 is 19.7 Å². The third-order valence-corrected chi connectivity index (χ3v) is 8.45. The predicted octanol–water partition coefficient (Wildman–Crippen LogP) is 6.30.